The molecule has 0 radical (unpaired) electrons. The first-order chi connectivity index (χ1) is 14.6. The Balaban J connectivity index is 1.51. The molecular weight excluding hydrogens is 424 g/mol. The van der Waals surface area contributed by atoms with E-state index in [1.54, 1.807) is 24.5 Å². The van der Waals surface area contributed by atoms with E-state index in [1.807, 2.05) is 42.6 Å². The Labute approximate surface area is 182 Å². The average Bonchev–Trinajstić information content (AvgIpc) is 3.46. The minimum atomic E-state index is -0.195. The fourth-order valence-electron chi connectivity index (χ4n) is 2.62. The van der Waals surface area contributed by atoms with Crippen LogP contribution < -0.4 is 10.1 Å². The van der Waals surface area contributed by atoms with Gasteiger partial charge in [-0.25, -0.2) is 0 Å². The summed E-state index contributed by atoms with van der Waals surface area (Å²) in [6, 6.07) is 11.2. The second-order valence-corrected chi connectivity index (χ2v) is 8.08. The van der Waals surface area contributed by atoms with Crippen LogP contribution in [0.25, 0.3) is 11.5 Å². The molecule has 1 N–H and O–H groups in total. The number of thiophene rings is 1. The van der Waals surface area contributed by atoms with Crippen LogP contribution in [-0.2, 0) is 16.1 Å². The van der Waals surface area contributed by atoms with Gasteiger partial charge in [-0.1, -0.05) is 30.0 Å². The molecule has 30 heavy (non-hydrogen) atoms. The molecule has 0 saturated carbocycles. The summed E-state index contributed by atoms with van der Waals surface area (Å²) in [5, 5.41) is 13.1. The molecule has 0 aliphatic heterocycles. The molecule has 0 atom stereocenters. The SMILES string of the molecule is CCN(CC(=O)NCc1cccs1)C(=O)CSc1nnc(-c2ccccc2OC)o1. The number of carbonyl (C=O) groups is 2. The number of aromatic nitrogens is 2. The molecule has 0 unspecified atom stereocenters. The molecule has 0 saturated heterocycles. The summed E-state index contributed by atoms with van der Waals surface area (Å²) in [6.07, 6.45) is 0. The number of rotatable bonds is 10. The highest BCUT2D eigenvalue weighted by atomic mass is 32.2. The molecule has 0 aliphatic rings. The quantitative estimate of drug-likeness (QED) is 0.478. The number of hydrogen-bond acceptors (Lipinski definition) is 8. The fraction of sp³-hybridized carbons (Fsp3) is 0.300. The van der Waals surface area contributed by atoms with Gasteiger partial charge in [0.05, 0.1) is 31.5 Å². The molecule has 3 aromatic rings. The fourth-order valence-corrected chi connectivity index (χ4v) is 3.93. The Morgan fingerprint density at radius 1 is 1.23 bits per heavy atom. The van der Waals surface area contributed by atoms with Gasteiger partial charge in [-0.05, 0) is 30.5 Å². The zero-order valence-electron chi connectivity index (χ0n) is 16.7. The smallest absolute Gasteiger partial charge is 0.277 e. The maximum absolute atomic E-state index is 12.5. The van der Waals surface area contributed by atoms with Crippen molar-refractivity contribution in [3.05, 3.63) is 46.7 Å². The number of hydrogen-bond donors (Lipinski definition) is 1. The number of thioether (sulfide) groups is 1. The van der Waals surface area contributed by atoms with Crippen molar-refractivity contribution in [3.63, 3.8) is 0 Å². The molecule has 2 aromatic heterocycles. The van der Waals surface area contributed by atoms with Crippen molar-refractivity contribution in [1.29, 1.82) is 0 Å². The van der Waals surface area contributed by atoms with Gasteiger partial charge in [0.1, 0.15) is 5.75 Å². The van der Waals surface area contributed by atoms with Crippen molar-refractivity contribution in [2.45, 2.75) is 18.7 Å². The molecule has 8 nitrogen and oxygen atoms in total. The zero-order valence-corrected chi connectivity index (χ0v) is 18.3. The van der Waals surface area contributed by atoms with Crippen LogP contribution in [-0.4, -0.2) is 52.9 Å². The first-order valence-electron chi connectivity index (χ1n) is 9.27. The molecule has 3 rings (SSSR count). The van der Waals surface area contributed by atoms with Gasteiger partial charge >= 0.3 is 0 Å². The third-order valence-corrected chi connectivity index (χ3v) is 5.85. The van der Waals surface area contributed by atoms with Crippen molar-refractivity contribution in [1.82, 2.24) is 20.4 Å². The van der Waals surface area contributed by atoms with E-state index in [4.69, 9.17) is 9.15 Å². The Bertz CT molecular complexity index is 975. The number of likely N-dealkylation sites (N-methyl/N-ethyl adjacent to an activating group) is 1. The molecule has 1 aromatic carbocycles. The summed E-state index contributed by atoms with van der Waals surface area (Å²) in [6.45, 7) is 2.74. The number of carbonyl (C=O) groups excluding carboxylic acids is 2. The summed E-state index contributed by atoms with van der Waals surface area (Å²) in [7, 11) is 1.57. The topological polar surface area (TPSA) is 97.6 Å². The van der Waals surface area contributed by atoms with Gasteiger partial charge in [0, 0.05) is 11.4 Å². The Kier molecular flexibility index (Phi) is 7.86. The third kappa shape index (κ3) is 5.83. The monoisotopic (exact) mass is 446 g/mol. The summed E-state index contributed by atoms with van der Waals surface area (Å²) >= 11 is 2.71. The summed E-state index contributed by atoms with van der Waals surface area (Å²) in [5.41, 5.74) is 0.684. The van der Waals surface area contributed by atoms with Crippen LogP contribution in [0.3, 0.4) is 0 Å². The third-order valence-electron chi connectivity index (χ3n) is 4.17. The van der Waals surface area contributed by atoms with Gasteiger partial charge in [-0.3, -0.25) is 9.59 Å². The summed E-state index contributed by atoms with van der Waals surface area (Å²) in [5.74, 6) is 0.674. The normalized spacial score (nSPS) is 10.6. The lowest BCUT2D eigenvalue weighted by Crippen LogP contribution is -2.41. The second kappa shape index (κ2) is 10.8. The van der Waals surface area contributed by atoms with Crippen molar-refractivity contribution in [2.75, 3.05) is 26.0 Å². The van der Waals surface area contributed by atoms with E-state index >= 15 is 0 Å². The number of methoxy groups -OCH3 is 1. The molecule has 10 heteroatoms. The van der Waals surface area contributed by atoms with E-state index in [1.165, 1.54) is 4.90 Å². The number of ether oxygens (including phenoxy) is 1. The van der Waals surface area contributed by atoms with Gasteiger partial charge in [0.15, 0.2) is 0 Å². The average molecular weight is 447 g/mol. The van der Waals surface area contributed by atoms with Gasteiger partial charge in [-0.2, -0.15) is 0 Å². The molecule has 158 valence electrons. The molecule has 0 spiro atoms. The first kappa shape index (κ1) is 21.8. The van der Waals surface area contributed by atoms with E-state index < -0.39 is 0 Å². The number of nitrogens with zero attached hydrogens (tertiary/aromatic N) is 3. The number of benzene rings is 1. The van der Waals surface area contributed by atoms with Crippen molar-refractivity contribution < 1.29 is 18.7 Å². The van der Waals surface area contributed by atoms with Crippen LogP contribution in [0.1, 0.15) is 11.8 Å². The highest BCUT2D eigenvalue weighted by Crippen LogP contribution is 2.30. The summed E-state index contributed by atoms with van der Waals surface area (Å²) in [4.78, 5) is 27.2. The van der Waals surface area contributed by atoms with Crippen LogP contribution in [0, 0.1) is 0 Å². The molecule has 2 amide bonds. The lowest BCUT2D eigenvalue weighted by molar-refractivity contribution is -0.133. The molecule has 0 fully saturated rings. The van der Waals surface area contributed by atoms with Gasteiger partial charge in [0.2, 0.25) is 11.8 Å². The molecule has 0 aliphatic carbocycles. The largest absolute Gasteiger partial charge is 0.496 e. The highest BCUT2D eigenvalue weighted by Gasteiger charge is 2.18. The highest BCUT2D eigenvalue weighted by molar-refractivity contribution is 7.99. The van der Waals surface area contributed by atoms with Gasteiger partial charge < -0.3 is 19.4 Å². The standard InChI is InChI=1S/C20H22N4O4S2/c1-3-24(12-17(25)21-11-14-7-6-10-29-14)18(26)13-30-20-23-22-19(28-20)15-8-4-5-9-16(15)27-2/h4-10H,3,11-13H2,1-2H3,(H,21,25). The zero-order chi connectivity index (χ0) is 21.3. The minimum absolute atomic E-state index is 0.0115. The molecule has 0 bridgehead atoms. The summed E-state index contributed by atoms with van der Waals surface area (Å²) < 4.78 is 10.9. The lowest BCUT2D eigenvalue weighted by Gasteiger charge is -2.19. The molecular formula is C20H22N4O4S2. The minimum Gasteiger partial charge on any atom is -0.496 e. The van der Waals surface area contributed by atoms with E-state index in [0.29, 0.717) is 30.3 Å². The number of para-hydroxylation sites is 1. The predicted molar refractivity (Wildman–Crippen MR) is 115 cm³/mol. The maximum Gasteiger partial charge on any atom is 0.277 e. The van der Waals surface area contributed by atoms with Crippen LogP contribution in [0.2, 0.25) is 0 Å². The van der Waals surface area contributed by atoms with E-state index in [9.17, 15) is 9.59 Å². The Morgan fingerprint density at radius 3 is 2.80 bits per heavy atom. The van der Waals surface area contributed by atoms with Crippen LogP contribution in [0.5, 0.6) is 5.75 Å². The maximum atomic E-state index is 12.5. The van der Waals surface area contributed by atoms with E-state index in [0.717, 1.165) is 16.6 Å². The Hall–Kier alpha value is -2.85. The Morgan fingerprint density at radius 2 is 2.07 bits per heavy atom. The van der Waals surface area contributed by atoms with Crippen molar-refractivity contribution in [2.24, 2.45) is 0 Å². The van der Waals surface area contributed by atoms with E-state index in [-0.39, 0.29) is 29.3 Å². The van der Waals surface area contributed by atoms with Crippen LogP contribution >= 0.6 is 23.1 Å². The van der Waals surface area contributed by atoms with Crippen LogP contribution in [0.4, 0.5) is 0 Å². The van der Waals surface area contributed by atoms with Crippen molar-refractivity contribution in [3.8, 4) is 17.2 Å². The first-order valence-corrected chi connectivity index (χ1v) is 11.1. The predicted octanol–water partition coefficient (Wildman–Crippen LogP) is 3.06. The van der Waals surface area contributed by atoms with E-state index in [2.05, 4.69) is 15.5 Å². The van der Waals surface area contributed by atoms with Crippen LogP contribution in [0.15, 0.2) is 51.4 Å². The number of amides is 2. The lowest BCUT2D eigenvalue weighted by atomic mass is 10.2. The second-order valence-electron chi connectivity index (χ2n) is 6.13. The van der Waals surface area contributed by atoms with Crippen molar-refractivity contribution >= 4 is 34.9 Å². The number of nitrogens with one attached hydrogen (secondary N) is 1. The van der Waals surface area contributed by atoms with Gasteiger partial charge in [-0.15, -0.1) is 21.5 Å². The van der Waals surface area contributed by atoms with Gasteiger partial charge in [0.25, 0.3) is 11.1 Å². The molecule has 2 heterocycles.